The van der Waals surface area contributed by atoms with Gasteiger partial charge in [-0.05, 0) is 50.5 Å². The van der Waals surface area contributed by atoms with Crippen molar-refractivity contribution >= 4 is 35.2 Å². The van der Waals surface area contributed by atoms with Crippen LogP contribution in [0.2, 0.25) is 5.02 Å². The maximum Gasteiger partial charge on any atom is 0.242 e. The SMILES string of the molecule is CCCCNC(=O)C(C)N(Cc1cccc(Cl)c1)C(=O)CSCc1cc(C)cc(C)c1. The van der Waals surface area contributed by atoms with Gasteiger partial charge in [-0.1, -0.05) is 66.4 Å². The molecule has 2 rings (SSSR count). The highest BCUT2D eigenvalue weighted by Crippen LogP contribution is 2.19. The molecule has 1 unspecified atom stereocenters. The highest BCUT2D eigenvalue weighted by Gasteiger charge is 2.25. The van der Waals surface area contributed by atoms with E-state index in [9.17, 15) is 9.59 Å². The van der Waals surface area contributed by atoms with Crippen molar-refractivity contribution in [3.8, 4) is 0 Å². The van der Waals surface area contributed by atoms with Gasteiger partial charge in [0.05, 0.1) is 5.75 Å². The molecule has 0 aromatic heterocycles. The lowest BCUT2D eigenvalue weighted by Crippen LogP contribution is -2.48. The van der Waals surface area contributed by atoms with Crippen LogP contribution in [0.1, 0.15) is 48.9 Å². The van der Waals surface area contributed by atoms with Crippen LogP contribution in [0.5, 0.6) is 0 Å². The van der Waals surface area contributed by atoms with Crippen LogP contribution < -0.4 is 5.32 Å². The summed E-state index contributed by atoms with van der Waals surface area (Å²) in [7, 11) is 0. The van der Waals surface area contributed by atoms with Gasteiger partial charge < -0.3 is 10.2 Å². The number of halogens is 1. The van der Waals surface area contributed by atoms with Crippen LogP contribution in [0.25, 0.3) is 0 Å². The minimum absolute atomic E-state index is 0.0486. The van der Waals surface area contributed by atoms with Crippen molar-refractivity contribution < 1.29 is 9.59 Å². The van der Waals surface area contributed by atoms with E-state index < -0.39 is 6.04 Å². The molecule has 0 heterocycles. The van der Waals surface area contributed by atoms with E-state index >= 15 is 0 Å². The molecule has 2 aromatic carbocycles. The quantitative estimate of drug-likeness (QED) is 0.449. The minimum Gasteiger partial charge on any atom is -0.354 e. The van der Waals surface area contributed by atoms with Crippen LogP contribution in [-0.4, -0.2) is 35.1 Å². The summed E-state index contributed by atoms with van der Waals surface area (Å²) in [6.07, 6.45) is 1.93. The second-order valence-electron chi connectivity index (χ2n) is 7.96. The van der Waals surface area contributed by atoms with E-state index in [0.717, 1.165) is 24.2 Å². The third-order valence-electron chi connectivity index (χ3n) is 5.01. The van der Waals surface area contributed by atoms with E-state index in [-0.39, 0.29) is 11.8 Å². The zero-order valence-corrected chi connectivity index (χ0v) is 20.5. The molecule has 168 valence electrons. The maximum absolute atomic E-state index is 13.1. The van der Waals surface area contributed by atoms with E-state index in [1.165, 1.54) is 16.7 Å². The van der Waals surface area contributed by atoms with Gasteiger partial charge in [0, 0.05) is 23.9 Å². The number of hydrogen-bond donors (Lipinski definition) is 1. The average molecular weight is 461 g/mol. The lowest BCUT2D eigenvalue weighted by molar-refractivity contribution is -0.138. The summed E-state index contributed by atoms with van der Waals surface area (Å²) >= 11 is 7.70. The smallest absolute Gasteiger partial charge is 0.242 e. The van der Waals surface area contributed by atoms with Gasteiger partial charge in [0.1, 0.15) is 6.04 Å². The molecular weight excluding hydrogens is 428 g/mol. The van der Waals surface area contributed by atoms with E-state index in [1.54, 1.807) is 29.7 Å². The lowest BCUT2D eigenvalue weighted by Gasteiger charge is -2.29. The zero-order valence-electron chi connectivity index (χ0n) is 18.9. The first-order valence-corrected chi connectivity index (χ1v) is 12.3. The fourth-order valence-electron chi connectivity index (χ4n) is 3.44. The van der Waals surface area contributed by atoms with Crippen LogP contribution in [0.15, 0.2) is 42.5 Å². The third-order valence-corrected chi connectivity index (χ3v) is 6.24. The van der Waals surface area contributed by atoms with E-state index in [0.29, 0.717) is 23.9 Å². The maximum atomic E-state index is 13.1. The molecule has 0 aliphatic rings. The van der Waals surface area contributed by atoms with Crippen molar-refractivity contribution in [3.63, 3.8) is 0 Å². The number of benzene rings is 2. The first-order chi connectivity index (χ1) is 14.8. The highest BCUT2D eigenvalue weighted by molar-refractivity contribution is 7.99. The molecule has 0 aliphatic heterocycles. The number of hydrogen-bond acceptors (Lipinski definition) is 3. The normalized spacial score (nSPS) is 11.8. The Morgan fingerprint density at radius 2 is 1.81 bits per heavy atom. The molecule has 2 aromatic rings. The zero-order chi connectivity index (χ0) is 22.8. The van der Waals surface area contributed by atoms with Gasteiger partial charge in [-0.3, -0.25) is 9.59 Å². The van der Waals surface area contributed by atoms with Crippen LogP contribution in [0.4, 0.5) is 0 Å². The number of nitrogens with zero attached hydrogens (tertiary/aromatic N) is 1. The number of thioether (sulfide) groups is 1. The summed E-state index contributed by atoms with van der Waals surface area (Å²) < 4.78 is 0. The predicted molar refractivity (Wildman–Crippen MR) is 131 cm³/mol. The largest absolute Gasteiger partial charge is 0.354 e. The van der Waals surface area contributed by atoms with Gasteiger partial charge in [-0.25, -0.2) is 0 Å². The molecule has 1 atom stereocenters. The first-order valence-electron chi connectivity index (χ1n) is 10.8. The standard InChI is InChI=1S/C25H33ClN2O2S/c1-5-6-10-27-25(30)20(4)28(15-21-8-7-9-23(26)14-21)24(29)17-31-16-22-12-18(2)11-19(3)13-22/h7-9,11-14,20H,5-6,10,15-17H2,1-4H3,(H,27,30). The highest BCUT2D eigenvalue weighted by atomic mass is 35.5. The van der Waals surface area contributed by atoms with Gasteiger partial charge in [-0.2, -0.15) is 0 Å². The van der Waals surface area contributed by atoms with E-state index in [4.69, 9.17) is 11.6 Å². The number of nitrogens with one attached hydrogen (secondary N) is 1. The van der Waals surface area contributed by atoms with Crippen molar-refractivity contribution in [2.75, 3.05) is 12.3 Å². The number of carbonyl (C=O) groups excluding carboxylic acids is 2. The minimum atomic E-state index is -0.551. The number of carbonyl (C=O) groups is 2. The van der Waals surface area contributed by atoms with Gasteiger partial charge in [0.2, 0.25) is 11.8 Å². The fraction of sp³-hybridized carbons (Fsp3) is 0.440. The molecule has 0 radical (unpaired) electrons. The summed E-state index contributed by atoms with van der Waals surface area (Å²) in [5.41, 5.74) is 4.57. The summed E-state index contributed by atoms with van der Waals surface area (Å²) in [4.78, 5) is 27.4. The summed E-state index contributed by atoms with van der Waals surface area (Å²) in [5.74, 6) is 0.909. The Balaban J connectivity index is 2.06. The monoisotopic (exact) mass is 460 g/mol. The number of unbranched alkanes of at least 4 members (excludes halogenated alkanes) is 1. The Hall–Kier alpha value is -1.98. The lowest BCUT2D eigenvalue weighted by atomic mass is 10.1. The molecule has 0 saturated carbocycles. The van der Waals surface area contributed by atoms with Gasteiger partial charge in [0.25, 0.3) is 0 Å². The third kappa shape index (κ3) is 8.58. The Morgan fingerprint density at radius 3 is 2.45 bits per heavy atom. The van der Waals surface area contributed by atoms with Crippen molar-refractivity contribution in [1.82, 2.24) is 10.2 Å². The molecule has 0 fully saturated rings. The molecule has 2 amide bonds. The molecule has 4 nitrogen and oxygen atoms in total. The number of amides is 2. The summed E-state index contributed by atoms with van der Waals surface area (Å²) in [6, 6.07) is 13.3. The van der Waals surface area contributed by atoms with Gasteiger partial charge >= 0.3 is 0 Å². The van der Waals surface area contributed by atoms with Gasteiger partial charge in [0.15, 0.2) is 0 Å². The Kier molecular flexibility index (Phi) is 10.4. The molecule has 0 spiro atoms. The molecular formula is C25H33ClN2O2S. The van der Waals surface area contributed by atoms with Crippen molar-refractivity contribution in [1.29, 1.82) is 0 Å². The predicted octanol–water partition coefficient (Wildman–Crippen LogP) is 5.52. The molecule has 0 aliphatic carbocycles. The Morgan fingerprint density at radius 1 is 1.10 bits per heavy atom. The molecule has 1 N–H and O–H groups in total. The molecule has 0 bridgehead atoms. The first kappa shape index (κ1) is 25.3. The molecule has 31 heavy (non-hydrogen) atoms. The average Bonchev–Trinajstić information content (AvgIpc) is 2.71. The van der Waals surface area contributed by atoms with Crippen LogP contribution >= 0.6 is 23.4 Å². The van der Waals surface area contributed by atoms with Crippen molar-refractivity contribution in [2.24, 2.45) is 0 Å². The Bertz CT molecular complexity index is 867. The van der Waals surface area contributed by atoms with Crippen LogP contribution in [-0.2, 0) is 21.9 Å². The Labute approximate surface area is 195 Å². The number of aryl methyl sites for hydroxylation is 2. The van der Waals surface area contributed by atoms with Crippen LogP contribution in [0.3, 0.4) is 0 Å². The topological polar surface area (TPSA) is 49.4 Å². The van der Waals surface area contributed by atoms with E-state index in [1.807, 2.05) is 18.2 Å². The number of rotatable bonds is 11. The van der Waals surface area contributed by atoms with Crippen LogP contribution in [0, 0.1) is 13.8 Å². The second kappa shape index (κ2) is 12.8. The summed E-state index contributed by atoms with van der Waals surface area (Å²) in [6.45, 7) is 9.01. The summed E-state index contributed by atoms with van der Waals surface area (Å²) in [5, 5.41) is 3.56. The fourth-order valence-corrected chi connectivity index (χ4v) is 4.50. The van der Waals surface area contributed by atoms with Gasteiger partial charge in [-0.15, -0.1) is 11.8 Å². The van der Waals surface area contributed by atoms with Crippen molar-refractivity contribution in [2.45, 2.75) is 58.9 Å². The van der Waals surface area contributed by atoms with E-state index in [2.05, 4.69) is 44.3 Å². The molecule has 0 saturated heterocycles. The van der Waals surface area contributed by atoms with Crippen molar-refractivity contribution in [3.05, 3.63) is 69.7 Å². The second-order valence-corrected chi connectivity index (χ2v) is 9.38. The molecule has 6 heteroatoms.